The predicted octanol–water partition coefficient (Wildman–Crippen LogP) is 1.52. The van der Waals surface area contributed by atoms with Gasteiger partial charge in [-0.1, -0.05) is 18.2 Å². The van der Waals surface area contributed by atoms with E-state index in [0.29, 0.717) is 12.8 Å². The van der Waals surface area contributed by atoms with Crippen LogP contribution in [0.1, 0.15) is 19.8 Å². The van der Waals surface area contributed by atoms with Gasteiger partial charge >= 0.3 is 0 Å². The van der Waals surface area contributed by atoms with E-state index in [1.54, 1.807) is 6.92 Å². The van der Waals surface area contributed by atoms with Crippen molar-refractivity contribution in [2.75, 3.05) is 4.90 Å². The molecular formula is C11H13NO2. The van der Waals surface area contributed by atoms with E-state index >= 15 is 0 Å². The van der Waals surface area contributed by atoms with Gasteiger partial charge in [0.05, 0.1) is 0 Å². The maximum absolute atomic E-state index is 11.6. The fourth-order valence-electron chi connectivity index (χ4n) is 1.84. The number of carbonyl (C=O) groups is 1. The normalized spacial score (nSPS) is 27.0. The van der Waals surface area contributed by atoms with E-state index < -0.39 is 5.72 Å². The van der Waals surface area contributed by atoms with Gasteiger partial charge in [0.2, 0.25) is 5.91 Å². The molecule has 14 heavy (non-hydrogen) atoms. The molecule has 1 unspecified atom stereocenters. The molecule has 1 aromatic rings. The zero-order valence-electron chi connectivity index (χ0n) is 8.10. The Morgan fingerprint density at radius 2 is 2.00 bits per heavy atom. The minimum atomic E-state index is -1.03. The largest absolute Gasteiger partial charge is 0.371 e. The van der Waals surface area contributed by atoms with Crippen molar-refractivity contribution < 1.29 is 9.90 Å². The summed E-state index contributed by atoms with van der Waals surface area (Å²) in [4.78, 5) is 13.0. The number of anilines is 1. The number of nitrogens with zero attached hydrogens (tertiary/aromatic N) is 1. The first-order chi connectivity index (χ1) is 6.61. The molecule has 1 aliphatic rings. The molecule has 0 saturated carbocycles. The number of rotatable bonds is 1. The summed E-state index contributed by atoms with van der Waals surface area (Å²) in [6.45, 7) is 1.67. The maximum atomic E-state index is 11.6. The van der Waals surface area contributed by atoms with Crippen LogP contribution in [0.15, 0.2) is 30.3 Å². The Bertz CT molecular complexity index is 346. The van der Waals surface area contributed by atoms with Crippen LogP contribution < -0.4 is 4.90 Å². The third kappa shape index (κ3) is 1.40. The van der Waals surface area contributed by atoms with E-state index in [1.807, 2.05) is 30.3 Å². The second-order valence-corrected chi connectivity index (χ2v) is 3.78. The van der Waals surface area contributed by atoms with E-state index in [2.05, 4.69) is 0 Å². The highest BCUT2D eigenvalue weighted by molar-refractivity contribution is 5.96. The van der Waals surface area contributed by atoms with Crippen molar-refractivity contribution in [2.45, 2.75) is 25.5 Å². The Balaban J connectivity index is 2.38. The SMILES string of the molecule is CC1(O)CCC(=O)N1c1ccccc1. The van der Waals surface area contributed by atoms with Gasteiger partial charge in [-0.3, -0.25) is 9.69 Å². The van der Waals surface area contributed by atoms with Crippen LogP contribution in [0, 0.1) is 0 Å². The van der Waals surface area contributed by atoms with Crippen molar-refractivity contribution in [1.29, 1.82) is 0 Å². The number of benzene rings is 1. The second kappa shape index (κ2) is 3.10. The molecule has 74 valence electrons. The second-order valence-electron chi connectivity index (χ2n) is 3.78. The summed E-state index contributed by atoms with van der Waals surface area (Å²) < 4.78 is 0. The molecule has 3 heteroatoms. The van der Waals surface area contributed by atoms with Gasteiger partial charge < -0.3 is 5.11 Å². The van der Waals surface area contributed by atoms with E-state index in [4.69, 9.17) is 0 Å². The maximum Gasteiger partial charge on any atom is 0.229 e. The van der Waals surface area contributed by atoms with Crippen LogP contribution in [0.25, 0.3) is 0 Å². The van der Waals surface area contributed by atoms with Crippen LogP contribution in [-0.2, 0) is 4.79 Å². The predicted molar refractivity (Wildman–Crippen MR) is 53.8 cm³/mol. The van der Waals surface area contributed by atoms with Crippen molar-refractivity contribution in [3.8, 4) is 0 Å². The molecule has 3 nitrogen and oxygen atoms in total. The van der Waals surface area contributed by atoms with Crippen molar-refractivity contribution >= 4 is 11.6 Å². The van der Waals surface area contributed by atoms with Gasteiger partial charge in [0.25, 0.3) is 0 Å². The Hall–Kier alpha value is -1.35. The lowest BCUT2D eigenvalue weighted by Crippen LogP contribution is -2.43. The van der Waals surface area contributed by atoms with Gasteiger partial charge in [-0.15, -0.1) is 0 Å². The van der Waals surface area contributed by atoms with E-state index in [0.717, 1.165) is 5.69 Å². The first-order valence-corrected chi connectivity index (χ1v) is 4.72. The van der Waals surface area contributed by atoms with Crippen molar-refractivity contribution in [3.05, 3.63) is 30.3 Å². The van der Waals surface area contributed by atoms with E-state index in [1.165, 1.54) is 4.90 Å². The molecule has 1 atom stereocenters. The van der Waals surface area contributed by atoms with Crippen molar-refractivity contribution in [1.82, 2.24) is 0 Å². The van der Waals surface area contributed by atoms with Crippen molar-refractivity contribution in [3.63, 3.8) is 0 Å². The molecule has 0 aromatic heterocycles. The zero-order chi connectivity index (χ0) is 10.2. The Morgan fingerprint density at radius 3 is 2.50 bits per heavy atom. The molecule has 1 N–H and O–H groups in total. The van der Waals surface area contributed by atoms with Gasteiger partial charge in [0.1, 0.15) is 5.72 Å². The summed E-state index contributed by atoms with van der Waals surface area (Å²) >= 11 is 0. The van der Waals surface area contributed by atoms with Gasteiger partial charge in [-0.2, -0.15) is 0 Å². The molecule has 2 rings (SSSR count). The monoisotopic (exact) mass is 191 g/mol. The number of aliphatic hydroxyl groups is 1. The Kier molecular flexibility index (Phi) is 2.04. The summed E-state index contributed by atoms with van der Waals surface area (Å²) in [5.41, 5.74) is -0.265. The molecule has 1 heterocycles. The lowest BCUT2D eigenvalue weighted by Gasteiger charge is -2.29. The van der Waals surface area contributed by atoms with E-state index in [-0.39, 0.29) is 5.91 Å². The first-order valence-electron chi connectivity index (χ1n) is 4.72. The smallest absolute Gasteiger partial charge is 0.229 e. The first kappa shape index (κ1) is 9.21. The third-order valence-electron chi connectivity index (χ3n) is 2.56. The van der Waals surface area contributed by atoms with Crippen LogP contribution in [0.5, 0.6) is 0 Å². The molecule has 1 amide bonds. The highest BCUT2D eigenvalue weighted by Gasteiger charge is 2.40. The van der Waals surface area contributed by atoms with E-state index in [9.17, 15) is 9.90 Å². The summed E-state index contributed by atoms with van der Waals surface area (Å²) in [6, 6.07) is 9.27. The number of para-hydroxylation sites is 1. The third-order valence-corrected chi connectivity index (χ3v) is 2.56. The summed E-state index contributed by atoms with van der Waals surface area (Å²) in [6.07, 6.45) is 0.919. The van der Waals surface area contributed by atoms with Crippen molar-refractivity contribution in [2.24, 2.45) is 0 Å². The summed E-state index contributed by atoms with van der Waals surface area (Å²) in [5.74, 6) is -0.0128. The zero-order valence-corrected chi connectivity index (χ0v) is 8.10. The van der Waals surface area contributed by atoms with Gasteiger partial charge in [0, 0.05) is 18.5 Å². The van der Waals surface area contributed by atoms with Crippen LogP contribution in [-0.4, -0.2) is 16.7 Å². The lowest BCUT2D eigenvalue weighted by molar-refractivity contribution is -0.118. The van der Waals surface area contributed by atoms with Crippen LogP contribution in [0.2, 0.25) is 0 Å². The molecular weight excluding hydrogens is 178 g/mol. The van der Waals surface area contributed by atoms with Crippen LogP contribution in [0.4, 0.5) is 5.69 Å². The topological polar surface area (TPSA) is 40.5 Å². The number of hydrogen-bond acceptors (Lipinski definition) is 2. The average Bonchev–Trinajstić information content (AvgIpc) is 2.42. The summed E-state index contributed by atoms with van der Waals surface area (Å²) in [5, 5.41) is 9.98. The van der Waals surface area contributed by atoms with Gasteiger partial charge in [-0.05, 0) is 19.1 Å². The summed E-state index contributed by atoms with van der Waals surface area (Å²) in [7, 11) is 0. The molecule has 0 aliphatic carbocycles. The molecule has 1 fully saturated rings. The highest BCUT2D eigenvalue weighted by Crippen LogP contribution is 2.32. The molecule has 1 aromatic carbocycles. The Labute approximate surface area is 83.0 Å². The highest BCUT2D eigenvalue weighted by atomic mass is 16.3. The number of carbonyl (C=O) groups excluding carboxylic acids is 1. The molecule has 0 radical (unpaired) electrons. The number of hydrogen-bond donors (Lipinski definition) is 1. The molecule has 1 saturated heterocycles. The molecule has 0 bridgehead atoms. The minimum absolute atomic E-state index is 0.0128. The molecule has 1 aliphatic heterocycles. The van der Waals surface area contributed by atoms with Gasteiger partial charge in [0.15, 0.2) is 0 Å². The van der Waals surface area contributed by atoms with Crippen LogP contribution in [0.3, 0.4) is 0 Å². The fraction of sp³-hybridized carbons (Fsp3) is 0.364. The Morgan fingerprint density at radius 1 is 1.36 bits per heavy atom. The standard InChI is InChI=1S/C11H13NO2/c1-11(14)8-7-10(13)12(11)9-5-3-2-4-6-9/h2-6,14H,7-8H2,1H3. The van der Waals surface area contributed by atoms with Crippen LogP contribution >= 0.6 is 0 Å². The number of amides is 1. The minimum Gasteiger partial charge on any atom is -0.371 e. The lowest BCUT2D eigenvalue weighted by atomic mass is 10.2. The quantitative estimate of drug-likeness (QED) is 0.731. The van der Waals surface area contributed by atoms with Gasteiger partial charge in [-0.25, -0.2) is 0 Å². The fourth-order valence-corrected chi connectivity index (χ4v) is 1.84. The molecule has 0 spiro atoms. The average molecular weight is 191 g/mol.